The number of nitro groups is 1. The van der Waals surface area contributed by atoms with Crippen LogP contribution in [0.2, 0.25) is 0 Å². The first-order chi connectivity index (χ1) is 6.02. The van der Waals surface area contributed by atoms with Crippen LogP contribution >= 0.6 is 0 Å². The van der Waals surface area contributed by atoms with Gasteiger partial charge >= 0.3 is 0 Å². The zero-order valence-electron chi connectivity index (χ0n) is 7.10. The second kappa shape index (κ2) is 3.36. The molecule has 0 saturated carbocycles. The number of hydrogen-bond acceptors (Lipinski definition) is 5. The third kappa shape index (κ3) is 1.91. The Labute approximate surface area is 74.7 Å². The normalized spacial score (nSPS) is 12.5. The van der Waals surface area contributed by atoms with Gasteiger partial charge in [0.25, 0.3) is 5.69 Å². The molecule has 0 fully saturated rings. The van der Waals surface area contributed by atoms with Crippen LogP contribution in [-0.4, -0.2) is 9.91 Å². The Morgan fingerprint density at radius 1 is 1.69 bits per heavy atom. The van der Waals surface area contributed by atoms with Gasteiger partial charge in [0.2, 0.25) is 0 Å². The molecule has 70 valence electrons. The fraction of sp³-hybridized carbons (Fsp3) is 0.286. The zero-order valence-corrected chi connectivity index (χ0v) is 7.10. The third-order valence-corrected chi connectivity index (χ3v) is 1.64. The van der Waals surface area contributed by atoms with Crippen LogP contribution in [-0.2, 0) is 0 Å². The van der Waals surface area contributed by atoms with E-state index < -0.39 is 4.92 Å². The summed E-state index contributed by atoms with van der Waals surface area (Å²) < 4.78 is 0. The lowest BCUT2D eigenvalue weighted by Gasteiger charge is -2.06. The molecular weight excluding hydrogens is 172 g/mol. The predicted molar refractivity (Wildman–Crippen MR) is 47.9 cm³/mol. The van der Waals surface area contributed by atoms with E-state index in [0.29, 0.717) is 5.56 Å². The van der Waals surface area contributed by atoms with Crippen LogP contribution in [0.25, 0.3) is 0 Å². The fourth-order valence-electron chi connectivity index (χ4n) is 0.945. The van der Waals surface area contributed by atoms with Crippen molar-refractivity contribution in [2.24, 2.45) is 5.73 Å². The van der Waals surface area contributed by atoms with Gasteiger partial charge in [-0.15, -0.1) is 0 Å². The first-order valence-corrected chi connectivity index (χ1v) is 3.67. The molecule has 0 aromatic carbocycles. The quantitative estimate of drug-likeness (QED) is 0.514. The molecule has 0 saturated heterocycles. The van der Waals surface area contributed by atoms with E-state index in [2.05, 4.69) is 4.98 Å². The molecule has 0 bridgehead atoms. The van der Waals surface area contributed by atoms with Crippen LogP contribution in [0.5, 0.6) is 0 Å². The van der Waals surface area contributed by atoms with Gasteiger partial charge in [-0.25, -0.2) is 4.98 Å². The molecule has 6 nitrogen and oxygen atoms in total. The van der Waals surface area contributed by atoms with E-state index >= 15 is 0 Å². The highest BCUT2D eigenvalue weighted by Crippen LogP contribution is 2.20. The average Bonchev–Trinajstić information content (AvgIpc) is 2.04. The molecule has 1 heterocycles. The van der Waals surface area contributed by atoms with Crippen LogP contribution in [0.15, 0.2) is 12.3 Å². The minimum absolute atomic E-state index is 0.0958. The van der Waals surface area contributed by atoms with Gasteiger partial charge in [-0.1, -0.05) is 0 Å². The summed E-state index contributed by atoms with van der Waals surface area (Å²) >= 11 is 0. The second-order valence-corrected chi connectivity index (χ2v) is 2.71. The molecule has 6 heteroatoms. The van der Waals surface area contributed by atoms with E-state index in [0.717, 1.165) is 6.20 Å². The molecule has 0 spiro atoms. The van der Waals surface area contributed by atoms with Gasteiger partial charge in [-0.05, 0) is 6.92 Å². The number of nitrogens with zero attached hydrogens (tertiary/aromatic N) is 2. The summed E-state index contributed by atoms with van der Waals surface area (Å²) in [5.74, 6) is 0.237. The van der Waals surface area contributed by atoms with E-state index in [-0.39, 0.29) is 17.5 Å². The number of pyridine rings is 1. The summed E-state index contributed by atoms with van der Waals surface area (Å²) in [5.41, 5.74) is 11.4. The van der Waals surface area contributed by atoms with Crippen molar-refractivity contribution < 1.29 is 4.92 Å². The van der Waals surface area contributed by atoms with Crippen molar-refractivity contribution in [2.75, 3.05) is 5.73 Å². The van der Waals surface area contributed by atoms with Crippen LogP contribution in [0, 0.1) is 10.1 Å². The molecular formula is C7H10N4O2. The molecule has 1 atom stereocenters. The minimum Gasteiger partial charge on any atom is -0.383 e. The van der Waals surface area contributed by atoms with Crippen molar-refractivity contribution in [1.29, 1.82) is 0 Å². The largest absolute Gasteiger partial charge is 0.383 e. The second-order valence-electron chi connectivity index (χ2n) is 2.71. The number of anilines is 1. The Hall–Kier alpha value is -1.69. The van der Waals surface area contributed by atoms with Crippen molar-refractivity contribution in [3.8, 4) is 0 Å². The highest BCUT2D eigenvalue weighted by atomic mass is 16.6. The molecule has 0 amide bonds. The van der Waals surface area contributed by atoms with Crippen LogP contribution in [0.4, 0.5) is 11.5 Å². The summed E-state index contributed by atoms with van der Waals surface area (Å²) in [5, 5.41) is 10.4. The van der Waals surface area contributed by atoms with Gasteiger partial charge in [0.1, 0.15) is 12.0 Å². The molecule has 1 aromatic rings. The average molecular weight is 182 g/mol. The Balaban J connectivity index is 3.19. The summed E-state index contributed by atoms with van der Waals surface area (Å²) in [6, 6.07) is 0.986. The van der Waals surface area contributed by atoms with Crippen molar-refractivity contribution in [3.63, 3.8) is 0 Å². The van der Waals surface area contributed by atoms with E-state index in [1.807, 2.05) is 0 Å². The molecule has 13 heavy (non-hydrogen) atoms. The van der Waals surface area contributed by atoms with Gasteiger partial charge in [-0.3, -0.25) is 10.1 Å². The molecule has 0 unspecified atom stereocenters. The first kappa shape index (κ1) is 9.40. The minimum atomic E-state index is -0.529. The third-order valence-electron chi connectivity index (χ3n) is 1.64. The molecule has 1 aromatic heterocycles. The topological polar surface area (TPSA) is 108 Å². The maximum Gasteiger partial charge on any atom is 0.288 e. The number of aromatic nitrogens is 1. The standard InChI is InChI=1S/C7H10N4O2/c1-4(8)6-2-5(11(12)13)3-10-7(6)9/h2-4H,8H2,1H3,(H2,9,10)/t4-/m1/s1. The van der Waals surface area contributed by atoms with Gasteiger partial charge in [-0.2, -0.15) is 0 Å². The molecule has 0 radical (unpaired) electrons. The van der Waals surface area contributed by atoms with E-state index in [1.54, 1.807) is 6.92 Å². The van der Waals surface area contributed by atoms with E-state index in [1.165, 1.54) is 6.07 Å². The molecule has 0 aliphatic carbocycles. The first-order valence-electron chi connectivity index (χ1n) is 3.67. The number of hydrogen-bond donors (Lipinski definition) is 2. The Morgan fingerprint density at radius 3 is 2.77 bits per heavy atom. The van der Waals surface area contributed by atoms with Crippen molar-refractivity contribution in [2.45, 2.75) is 13.0 Å². The lowest BCUT2D eigenvalue weighted by molar-refractivity contribution is -0.385. The fourth-order valence-corrected chi connectivity index (χ4v) is 0.945. The Kier molecular flexibility index (Phi) is 2.43. The highest BCUT2D eigenvalue weighted by molar-refractivity contribution is 5.46. The van der Waals surface area contributed by atoms with Crippen LogP contribution in [0.3, 0.4) is 0 Å². The van der Waals surface area contributed by atoms with Gasteiger partial charge in [0, 0.05) is 17.7 Å². The maximum atomic E-state index is 10.4. The number of nitrogen functional groups attached to an aromatic ring is 1. The number of nitrogens with two attached hydrogens (primary N) is 2. The van der Waals surface area contributed by atoms with Crippen LogP contribution in [0.1, 0.15) is 18.5 Å². The molecule has 1 rings (SSSR count). The van der Waals surface area contributed by atoms with Gasteiger partial charge < -0.3 is 11.5 Å². The van der Waals surface area contributed by atoms with E-state index in [9.17, 15) is 10.1 Å². The lowest BCUT2D eigenvalue weighted by Crippen LogP contribution is -2.10. The lowest BCUT2D eigenvalue weighted by atomic mass is 10.1. The zero-order chi connectivity index (χ0) is 10.0. The maximum absolute atomic E-state index is 10.4. The van der Waals surface area contributed by atoms with Crippen molar-refractivity contribution in [1.82, 2.24) is 4.98 Å². The SMILES string of the molecule is C[C@@H](N)c1cc([N+](=O)[O-])cnc1N. The highest BCUT2D eigenvalue weighted by Gasteiger charge is 2.12. The van der Waals surface area contributed by atoms with Gasteiger partial charge in [0.05, 0.1) is 4.92 Å². The van der Waals surface area contributed by atoms with Crippen molar-refractivity contribution >= 4 is 11.5 Å². The van der Waals surface area contributed by atoms with E-state index in [4.69, 9.17) is 11.5 Å². The van der Waals surface area contributed by atoms with Gasteiger partial charge in [0.15, 0.2) is 0 Å². The summed E-state index contributed by atoms with van der Waals surface area (Å²) in [6.07, 6.45) is 1.11. The summed E-state index contributed by atoms with van der Waals surface area (Å²) in [7, 11) is 0. The predicted octanol–water partition coefficient (Wildman–Crippen LogP) is 0.592. The van der Waals surface area contributed by atoms with Crippen LogP contribution < -0.4 is 11.5 Å². The smallest absolute Gasteiger partial charge is 0.288 e. The molecule has 0 aliphatic heterocycles. The van der Waals surface area contributed by atoms with Crippen molar-refractivity contribution in [3.05, 3.63) is 27.9 Å². The number of rotatable bonds is 2. The molecule has 4 N–H and O–H groups in total. The Morgan fingerprint density at radius 2 is 2.31 bits per heavy atom. The summed E-state index contributed by atoms with van der Waals surface area (Å²) in [6.45, 7) is 1.69. The monoisotopic (exact) mass is 182 g/mol. The molecule has 0 aliphatic rings. The Bertz CT molecular complexity index is 337. The summed E-state index contributed by atoms with van der Waals surface area (Å²) in [4.78, 5) is 13.5.